The van der Waals surface area contributed by atoms with Crippen molar-refractivity contribution in [2.45, 2.75) is 13.3 Å². The van der Waals surface area contributed by atoms with E-state index in [1.54, 1.807) is 0 Å². The summed E-state index contributed by atoms with van der Waals surface area (Å²) in [4.78, 5) is 0. The molecular formula is C5H11ClOS. The lowest BCUT2D eigenvalue weighted by Crippen LogP contribution is -1.96. The molecule has 0 aromatic heterocycles. The Bertz CT molecular complexity index is 37.4. The van der Waals surface area contributed by atoms with Crippen LogP contribution in [0, 0.1) is 0 Å². The predicted molar refractivity (Wildman–Crippen MR) is 39.4 cm³/mol. The second-order valence-electron chi connectivity index (χ2n) is 1.43. The number of halogens is 1. The summed E-state index contributed by atoms with van der Waals surface area (Å²) >= 11 is 0. The molecule has 0 rings (SSSR count). The SMILES string of the molecule is CCCOCCSCl. The third-order valence-electron chi connectivity index (χ3n) is 0.653. The molecule has 0 amide bonds. The van der Waals surface area contributed by atoms with Gasteiger partial charge in [0.05, 0.1) is 6.61 Å². The second-order valence-corrected chi connectivity index (χ2v) is 2.71. The molecule has 0 spiro atoms. The zero-order valence-corrected chi connectivity index (χ0v) is 6.60. The highest BCUT2D eigenvalue weighted by atomic mass is 35.7. The summed E-state index contributed by atoms with van der Waals surface area (Å²) in [6, 6.07) is 0. The molecule has 0 N–H and O–H groups in total. The van der Waals surface area contributed by atoms with Crippen LogP contribution >= 0.6 is 21.7 Å². The summed E-state index contributed by atoms with van der Waals surface area (Å²) in [5.41, 5.74) is 0. The van der Waals surface area contributed by atoms with Gasteiger partial charge in [0.2, 0.25) is 0 Å². The van der Waals surface area contributed by atoms with Gasteiger partial charge in [-0.05, 0) is 17.1 Å². The van der Waals surface area contributed by atoms with Gasteiger partial charge in [-0.1, -0.05) is 17.9 Å². The van der Waals surface area contributed by atoms with E-state index in [0.29, 0.717) is 0 Å². The maximum atomic E-state index is 5.32. The monoisotopic (exact) mass is 154 g/mol. The topological polar surface area (TPSA) is 9.23 Å². The van der Waals surface area contributed by atoms with Crippen molar-refractivity contribution in [1.29, 1.82) is 0 Å². The Hall–Kier alpha value is 0.600. The molecule has 0 aliphatic heterocycles. The minimum atomic E-state index is 0.780. The first-order valence-corrected chi connectivity index (χ1v) is 4.54. The van der Waals surface area contributed by atoms with Gasteiger partial charge in [-0.25, -0.2) is 0 Å². The van der Waals surface area contributed by atoms with Crippen LogP contribution in [0.3, 0.4) is 0 Å². The van der Waals surface area contributed by atoms with Gasteiger partial charge in [0, 0.05) is 12.4 Å². The molecule has 0 fully saturated rings. The lowest BCUT2D eigenvalue weighted by atomic mass is 10.5. The highest BCUT2D eigenvalue weighted by Crippen LogP contribution is 2.03. The Morgan fingerprint density at radius 1 is 1.50 bits per heavy atom. The van der Waals surface area contributed by atoms with Crippen molar-refractivity contribution in [3.63, 3.8) is 0 Å². The van der Waals surface area contributed by atoms with Crippen molar-refractivity contribution in [1.82, 2.24) is 0 Å². The average Bonchev–Trinajstić information content (AvgIpc) is 1.81. The fraction of sp³-hybridized carbons (Fsp3) is 1.00. The smallest absolute Gasteiger partial charge is 0.0568 e. The van der Waals surface area contributed by atoms with Crippen LogP contribution in [0.5, 0.6) is 0 Å². The van der Waals surface area contributed by atoms with Gasteiger partial charge < -0.3 is 4.74 Å². The second kappa shape index (κ2) is 7.60. The van der Waals surface area contributed by atoms with Crippen LogP contribution in [0.15, 0.2) is 0 Å². The van der Waals surface area contributed by atoms with Crippen LogP contribution < -0.4 is 0 Å². The Labute approximate surface area is 59.2 Å². The van der Waals surface area contributed by atoms with E-state index in [2.05, 4.69) is 6.92 Å². The van der Waals surface area contributed by atoms with Crippen LogP contribution in [0.4, 0.5) is 0 Å². The molecule has 50 valence electrons. The first kappa shape index (κ1) is 8.60. The first-order valence-electron chi connectivity index (χ1n) is 2.73. The van der Waals surface area contributed by atoms with E-state index in [9.17, 15) is 0 Å². The summed E-state index contributed by atoms with van der Waals surface area (Å²) < 4.78 is 5.12. The van der Waals surface area contributed by atoms with Crippen LogP contribution in [0.1, 0.15) is 13.3 Å². The summed E-state index contributed by atoms with van der Waals surface area (Å²) in [6.45, 7) is 3.73. The molecule has 1 nitrogen and oxygen atoms in total. The van der Waals surface area contributed by atoms with Crippen molar-refractivity contribution in [3.8, 4) is 0 Å². The molecule has 0 saturated heterocycles. The Morgan fingerprint density at radius 3 is 2.75 bits per heavy atom. The molecule has 8 heavy (non-hydrogen) atoms. The Morgan fingerprint density at radius 2 is 2.25 bits per heavy atom. The highest BCUT2D eigenvalue weighted by molar-refractivity contribution is 8.21. The molecule has 0 unspecified atom stereocenters. The van der Waals surface area contributed by atoms with E-state index in [1.165, 1.54) is 11.0 Å². The molecule has 0 aliphatic rings. The first-order chi connectivity index (χ1) is 3.91. The van der Waals surface area contributed by atoms with E-state index in [-0.39, 0.29) is 0 Å². The summed E-state index contributed by atoms with van der Waals surface area (Å²) in [6.07, 6.45) is 1.09. The molecule has 0 heterocycles. The van der Waals surface area contributed by atoms with Gasteiger partial charge in [0.1, 0.15) is 0 Å². The van der Waals surface area contributed by atoms with Gasteiger partial charge in [-0.2, -0.15) is 0 Å². The minimum Gasteiger partial charge on any atom is -0.381 e. The maximum absolute atomic E-state index is 5.32. The largest absolute Gasteiger partial charge is 0.381 e. The van der Waals surface area contributed by atoms with E-state index in [0.717, 1.165) is 25.4 Å². The molecule has 0 aromatic rings. The van der Waals surface area contributed by atoms with Crippen LogP contribution in [0.25, 0.3) is 0 Å². The predicted octanol–water partition coefficient (Wildman–Crippen LogP) is 2.30. The zero-order chi connectivity index (χ0) is 6.24. The van der Waals surface area contributed by atoms with Crippen molar-refractivity contribution >= 4 is 21.7 Å². The van der Waals surface area contributed by atoms with Gasteiger partial charge >= 0.3 is 0 Å². The molecule has 0 saturated carbocycles. The van der Waals surface area contributed by atoms with Crippen molar-refractivity contribution < 1.29 is 4.74 Å². The third-order valence-corrected chi connectivity index (χ3v) is 1.44. The fourth-order valence-electron chi connectivity index (χ4n) is 0.337. The van der Waals surface area contributed by atoms with Crippen molar-refractivity contribution in [3.05, 3.63) is 0 Å². The molecule has 0 bridgehead atoms. The number of rotatable bonds is 5. The van der Waals surface area contributed by atoms with Gasteiger partial charge in [0.15, 0.2) is 0 Å². The van der Waals surface area contributed by atoms with E-state index in [1.807, 2.05) is 0 Å². The Balaban J connectivity index is 2.53. The molecule has 0 radical (unpaired) electrons. The molecule has 3 heteroatoms. The number of hydrogen-bond donors (Lipinski definition) is 0. The molecular weight excluding hydrogens is 144 g/mol. The highest BCUT2D eigenvalue weighted by Gasteiger charge is 1.83. The molecule has 0 aliphatic carbocycles. The quantitative estimate of drug-likeness (QED) is 0.562. The maximum Gasteiger partial charge on any atom is 0.0568 e. The van der Waals surface area contributed by atoms with E-state index < -0.39 is 0 Å². The molecule has 0 aromatic carbocycles. The summed E-state index contributed by atoms with van der Waals surface area (Å²) in [7, 11) is 6.62. The Kier molecular flexibility index (Phi) is 8.17. The van der Waals surface area contributed by atoms with Gasteiger partial charge in [-0.15, -0.1) is 0 Å². The minimum absolute atomic E-state index is 0.780. The zero-order valence-electron chi connectivity index (χ0n) is 5.02. The standard InChI is InChI=1S/C5H11ClOS/c1-2-3-7-4-5-8-6/h2-5H2,1H3. The fourth-order valence-corrected chi connectivity index (χ4v) is 0.707. The summed E-state index contributed by atoms with van der Waals surface area (Å²) in [5.74, 6) is 0.890. The van der Waals surface area contributed by atoms with Crippen LogP contribution in [0.2, 0.25) is 0 Å². The summed E-state index contributed by atoms with van der Waals surface area (Å²) in [5, 5.41) is 0. The van der Waals surface area contributed by atoms with E-state index in [4.69, 9.17) is 15.4 Å². The molecule has 0 atom stereocenters. The van der Waals surface area contributed by atoms with E-state index >= 15 is 0 Å². The van der Waals surface area contributed by atoms with Gasteiger partial charge in [-0.3, -0.25) is 0 Å². The van der Waals surface area contributed by atoms with Crippen LogP contribution in [-0.4, -0.2) is 19.0 Å². The van der Waals surface area contributed by atoms with Crippen molar-refractivity contribution in [2.24, 2.45) is 0 Å². The van der Waals surface area contributed by atoms with Crippen LogP contribution in [-0.2, 0) is 4.74 Å². The average molecular weight is 155 g/mol. The third kappa shape index (κ3) is 6.60. The van der Waals surface area contributed by atoms with Gasteiger partial charge in [0.25, 0.3) is 0 Å². The lowest BCUT2D eigenvalue weighted by Gasteiger charge is -1.96. The normalized spacial score (nSPS) is 9.75. The lowest BCUT2D eigenvalue weighted by molar-refractivity contribution is 0.151. The number of ether oxygens (including phenoxy) is 1. The number of hydrogen-bond acceptors (Lipinski definition) is 2. The van der Waals surface area contributed by atoms with Crippen molar-refractivity contribution in [2.75, 3.05) is 19.0 Å².